The van der Waals surface area contributed by atoms with E-state index in [-0.39, 0.29) is 11.6 Å². The number of benzene rings is 1. The predicted molar refractivity (Wildman–Crippen MR) is 89.9 cm³/mol. The molecule has 2 aromatic heterocycles. The fourth-order valence-corrected chi connectivity index (χ4v) is 2.85. The topological polar surface area (TPSA) is 98.3 Å². The molecule has 2 heterocycles. The number of nitro benzene ring substituents is 1. The van der Waals surface area contributed by atoms with Crippen molar-refractivity contribution in [2.24, 2.45) is 0 Å². The van der Waals surface area contributed by atoms with Gasteiger partial charge >= 0.3 is 0 Å². The standard InChI is InChI=1S/C16H13N3O4S/c20-15(7-6-13-5-2-8-23-13)18-16-17-14(10-24-16)11-3-1-4-12(9-11)19(21)22/h1-5,8-10H,6-7H2,(H,17,18,20). The number of nitrogens with one attached hydrogen (secondary N) is 1. The van der Waals surface area contributed by atoms with Gasteiger partial charge in [-0.2, -0.15) is 0 Å². The van der Waals surface area contributed by atoms with Crippen LogP contribution in [-0.4, -0.2) is 15.8 Å². The first-order chi connectivity index (χ1) is 11.6. The number of amides is 1. The van der Waals surface area contributed by atoms with Crippen LogP contribution in [0, 0.1) is 10.1 Å². The fourth-order valence-electron chi connectivity index (χ4n) is 2.12. The van der Waals surface area contributed by atoms with Crippen molar-refractivity contribution < 1.29 is 14.1 Å². The molecule has 0 saturated heterocycles. The van der Waals surface area contributed by atoms with E-state index in [1.807, 2.05) is 6.07 Å². The van der Waals surface area contributed by atoms with Crippen molar-refractivity contribution in [1.82, 2.24) is 4.98 Å². The normalized spacial score (nSPS) is 10.5. The van der Waals surface area contributed by atoms with E-state index in [0.29, 0.717) is 29.2 Å². The van der Waals surface area contributed by atoms with Crippen LogP contribution in [0.3, 0.4) is 0 Å². The largest absolute Gasteiger partial charge is 0.469 e. The predicted octanol–water partition coefficient (Wildman–Crippen LogP) is 3.88. The van der Waals surface area contributed by atoms with Gasteiger partial charge in [-0.3, -0.25) is 14.9 Å². The average molecular weight is 343 g/mol. The Morgan fingerprint density at radius 1 is 1.33 bits per heavy atom. The van der Waals surface area contributed by atoms with E-state index in [1.54, 1.807) is 29.8 Å². The monoisotopic (exact) mass is 343 g/mol. The van der Waals surface area contributed by atoms with Gasteiger partial charge in [-0.05, 0) is 12.1 Å². The number of hydrogen-bond acceptors (Lipinski definition) is 6. The quantitative estimate of drug-likeness (QED) is 0.541. The van der Waals surface area contributed by atoms with Crippen LogP contribution < -0.4 is 5.32 Å². The molecule has 0 aliphatic heterocycles. The minimum Gasteiger partial charge on any atom is -0.469 e. The van der Waals surface area contributed by atoms with Crippen molar-refractivity contribution in [2.75, 3.05) is 5.32 Å². The Morgan fingerprint density at radius 2 is 2.21 bits per heavy atom. The summed E-state index contributed by atoms with van der Waals surface area (Å²) >= 11 is 1.27. The lowest BCUT2D eigenvalue weighted by molar-refractivity contribution is -0.384. The number of carbonyl (C=O) groups is 1. The number of aromatic nitrogens is 1. The van der Waals surface area contributed by atoms with Crippen molar-refractivity contribution in [2.45, 2.75) is 12.8 Å². The third-order valence-electron chi connectivity index (χ3n) is 3.28. The minimum absolute atomic E-state index is 0.00420. The van der Waals surface area contributed by atoms with Gasteiger partial charge in [0.2, 0.25) is 5.91 Å². The van der Waals surface area contributed by atoms with E-state index in [2.05, 4.69) is 10.3 Å². The molecule has 0 unspecified atom stereocenters. The summed E-state index contributed by atoms with van der Waals surface area (Å²) in [4.78, 5) is 26.6. The Kier molecular flexibility index (Phi) is 4.66. The first-order valence-electron chi connectivity index (χ1n) is 7.14. The van der Waals surface area contributed by atoms with Gasteiger partial charge in [-0.15, -0.1) is 11.3 Å². The molecule has 8 heteroatoms. The Balaban J connectivity index is 1.64. The number of non-ortho nitro benzene ring substituents is 1. The number of nitro groups is 1. The van der Waals surface area contributed by atoms with E-state index in [4.69, 9.17) is 4.42 Å². The van der Waals surface area contributed by atoms with Gasteiger partial charge in [-0.25, -0.2) is 4.98 Å². The lowest BCUT2D eigenvalue weighted by Crippen LogP contribution is -2.11. The summed E-state index contributed by atoms with van der Waals surface area (Å²) in [6, 6.07) is 9.82. The summed E-state index contributed by atoms with van der Waals surface area (Å²) in [6.45, 7) is 0. The molecule has 3 rings (SSSR count). The van der Waals surface area contributed by atoms with Gasteiger partial charge in [0.1, 0.15) is 5.76 Å². The molecule has 0 aliphatic carbocycles. The molecule has 0 fully saturated rings. The highest BCUT2D eigenvalue weighted by Crippen LogP contribution is 2.27. The van der Waals surface area contributed by atoms with Gasteiger partial charge in [-0.1, -0.05) is 12.1 Å². The van der Waals surface area contributed by atoms with Gasteiger partial charge in [0.15, 0.2) is 5.13 Å². The molecular formula is C16H13N3O4S. The number of thiazole rings is 1. The molecule has 24 heavy (non-hydrogen) atoms. The number of carbonyl (C=O) groups excluding carboxylic acids is 1. The Labute approximate surface area is 141 Å². The molecule has 0 atom stereocenters. The maximum atomic E-state index is 11.9. The zero-order chi connectivity index (χ0) is 16.9. The number of furan rings is 1. The summed E-state index contributed by atoms with van der Waals surface area (Å²) in [6.07, 6.45) is 2.38. The van der Waals surface area contributed by atoms with Crippen LogP contribution in [0.15, 0.2) is 52.5 Å². The second-order valence-corrected chi connectivity index (χ2v) is 5.83. The van der Waals surface area contributed by atoms with Crippen molar-refractivity contribution in [3.05, 3.63) is 63.9 Å². The van der Waals surface area contributed by atoms with E-state index in [1.165, 1.54) is 23.5 Å². The SMILES string of the molecule is O=C(CCc1ccco1)Nc1nc(-c2cccc([N+](=O)[O-])c2)cs1. The number of aryl methyl sites for hydroxylation is 1. The number of nitrogens with zero attached hydrogens (tertiary/aromatic N) is 2. The van der Waals surface area contributed by atoms with E-state index < -0.39 is 4.92 Å². The summed E-state index contributed by atoms with van der Waals surface area (Å²) in [5, 5.41) is 15.8. The van der Waals surface area contributed by atoms with E-state index in [9.17, 15) is 14.9 Å². The molecule has 0 bridgehead atoms. The van der Waals surface area contributed by atoms with Crippen LogP contribution in [0.25, 0.3) is 11.3 Å². The Hall–Kier alpha value is -3.00. The molecule has 7 nitrogen and oxygen atoms in total. The Morgan fingerprint density at radius 3 is 2.96 bits per heavy atom. The van der Waals surface area contributed by atoms with E-state index >= 15 is 0 Å². The second-order valence-electron chi connectivity index (χ2n) is 4.97. The molecular weight excluding hydrogens is 330 g/mol. The Bertz CT molecular complexity index is 858. The lowest BCUT2D eigenvalue weighted by Gasteiger charge is -2.00. The molecule has 0 radical (unpaired) electrons. The minimum atomic E-state index is -0.451. The molecule has 0 aliphatic rings. The van der Waals surface area contributed by atoms with Crippen molar-refractivity contribution in [3.63, 3.8) is 0 Å². The molecule has 122 valence electrons. The zero-order valence-electron chi connectivity index (χ0n) is 12.5. The van der Waals surface area contributed by atoms with Crippen LogP contribution in [0.1, 0.15) is 12.2 Å². The molecule has 0 spiro atoms. The summed E-state index contributed by atoms with van der Waals surface area (Å²) in [7, 11) is 0. The highest BCUT2D eigenvalue weighted by molar-refractivity contribution is 7.14. The van der Waals surface area contributed by atoms with Crippen LogP contribution >= 0.6 is 11.3 Å². The van der Waals surface area contributed by atoms with Gasteiger partial charge in [0.25, 0.3) is 5.69 Å². The van der Waals surface area contributed by atoms with Gasteiger partial charge < -0.3 is 9.73 Å². The third kappa shape index (κ3) is 3.85. The van der Waals surface area contributed by atoms with Crippen molar-refractivity contribution >= 4 is 28.1 Å². The second kappa shape index (κ2) is 7.05. The lowest BCUT2D eigenvalue weighted by atomic mass is 10.1. The summed E-state index contributed by atoms with van der Waals surface area (Å²) in [5.41, 5.74) is 1.23. The van der Waals surface area contributed by atoms with Crippen LogP contribution in [-0.2, 0) is 11.2 Å². The molecule has 1 aromatic carbocycles. The molecule has 1 N–H and O–H groups in total. The maximum absolute atomic E-state index is 11.9. The third-order valence-corrected chi connectivity index (χ3v) is 4.04. The van der Waals surface area contributed by atoms with E-state index in [0.717, 1.165) is 5.76 Å². The maximum Gasteiger partial charge on any atom is 0.270 e. The molecule has 3 aromatic rings. The summed E-state index contributed by atoms with van der Waals surface area (Å²) < 4.78 is 5.18. The van der Waals surface area contributed by atoms with Gasteiger partial charge in [0, 0.05) is 35.9 Å². The fraction of sp³-hybridized carbons (Fsp3) is 0.125. The highest BCUT2D eigenvalue weighted by Gasteiger charge is 2.11. The van der Waals surface area contributed by atoms with Crippen molar-refractivity contribution in [1.29, 1.82) is 0 Å². The summed E-state index contributed by atoms with van der Waals surface area (Å²) in [5.74, 6) is 0.591. The number of hydrogen-bond donors (Lipinski definition) is 1. The molecule has 0 saturated carbocycles. The smallest absolute Gasteiger partial charge is 0.270 e. The van der Waals surface area contributed by atoms with Gasteiger partial charge in [0.05, 0.1) is 16.9 Å². The van der Waals surface area contributed by atoms with Crippen LogP contribution in [0.4, 0.5) is 10.8 Å². The highest BCUT2D eigenvalue weighted by atomic mass is 32.1. The number of rotatable bonds is 6. The first kappa shape index (κ1) is 15.9. The number of anilines is 1. The van der Waals surface area contributed by atoms with Crippen LogP contribution in [0.2, 0.25) is 0 Å². The molecule has 1 amide bonds. The first-order valence-corrected chi connectivity index (χ1v) is 8.02. The zero-order valence-corrected chi connectivity index (χ0v) is 13.3. The van der Waals surface area contributed by atoms with Crippen molar-refractivity contribution in [3.8, 4) is 11.3 Å². The van der Waals surface area contributed by atoms with Crippen LogP contribution in [0.5, 0.6) is 0 Å². The average Bonchev–Trinajstić information content (AvgIpc) is 3.25.